The van der Waals surface area contributed by atoms with Crippen LogP contribution in [-0.2, 0) is 11.2 Å². The minimum absolute atomic E-state index is 0.233. The molecule has 1 aliphatic carbocycles. The van der Waals surface area contributed by atoms with Gasteiger partial charge in [-0.25, -0.2) is 4.39 Å². The topological polar surface area (TPSA) is 17.1 Å². The van der Waals surface area contributed by atoms with Crippen molar-refractivity contribution in [2.24, 2.45) is 11.8 Å². The molecule has 0 N–H and O–H groups in total. The van der Waals surface area contributed by atoms with Crippen molar-refractivity contribution in [3.8, 4) is 0 Å². The van der Waals surface area contributed by atoms with Crippen LogP contribution >= 0.6 is 0 Å². The summed E-state index contributed by atoms with van der Waals surface area (Å²) in [6.07, 6.45) is 4.85. The van der Waals surface area contributed by atoms with Gasteiger partial charge in [0.2, 0.25) is 0 Å². The summed E-state index contributed by atoms with van der Waals surface area (Å²) in [6, 6.07) is 6.26. The van der Waals surface area contributed by atoms with Gasteiger partial charge in [-0.2, -0.15) is 0 Å². The highest BCUT2D eigenvalue weighted by Crippen LogP contribution is 2.29. The lowest BCUT2D eigenvalue weighted by atomic mass is 9.80. The summed E-state index contributed by atoms with van der Waals surface area (Å²) in [6.45, 7) is 2.25. The van der Waals surface area contributed by atoms with Gasteiger partial charge in [-0.15, -0.1) is 0 Å². The van der Waals surface area contributed by atoms with Crippen LogP contribution < -0.4 is 0 Å². The number of ketones is 1. The minimum Gasteiger partial charge on any atom is -0.299 e. The molecule has 0 saturated heterocycles. The summed E-state index contributed by atoms with van der Waals surface area (Å²) in [7, 11) is 0. The molecule has 0 atom stereocenters. The largest absolute Gasteiger partial charge is 0.299 e. The molecule has 0 heterocycles. The van der Waals surface area contributed by atoms with E-state index in [4.69, 9.17) is 0 Å². The molecule has 0 radical (unpaired) electrons. The summed E-state index contributed by atoms with van der Waals surface area (Å²) < 4.78 is 12.7. The maximum atomic E-state index is 12.7. The number of benzene rings is 1. The lowest BCUT2D eigenvalue weighted by Gasteiger charge is -2.25. The molecular formula is C15H19FO. The van der Waals surface area contributed by atoms with Crippen LogP contribution in [0.15, 0.2) is 24.3 Å². The van der Waals surface area contributed by atoms with Crippen molar-refractivity contribution in [1.82, 2.24) is 0 Å². The molecule has 0 amide bonds. The Bertz CT molecular complexity index is 374. The molecule has 0 unspecified atom stereocenters. The van der Waals surface area contributed by atoms with Crippen molar-refractivity contribution in [2.45, 2.75) is 39.0 Å². The van der Waals surface area contributed by atoms with Crippen molar-refractivity contribution in [3.63, 3.8) is 0 Å². The van der Waals surface area contributed by atoms with Gasteiger partial charge in [0.1, 0.15) is 11.6 Å². The first kappa shape index (κ1) is 12.3. The molecule has 1 aromatic rings. The first-order chi connectivity index (χ1) is 8.15. The highest BCUT2D eigenvalue weighted by molar-refractivity contribution is 5.83. The standard InChI is InChI=1S/C15H19FO/c1-11-2-6-13(7-3-11)15(17)10-12-4-8-14(16)9-5-12/h4-5,8-9,11,13H,2-3,6-7,10H2,1H3. The Morgan fingerprint density at radius 2 is 1.76 bits per heavy atom. The van der Waals surface area contributed by atoms with E-state index in [2.05, 4.69) is 6.92 Å². The quantitative estimate of drug-likeness (QED) is 0.778. The van der Waals surface area contributed by atoms with Gasteiger partial charge < -0.3 is 0 Å². The van der Waals surface area contributed by atoms with Gasteiger partial charge in [0.05, 0.1) is 0 Å². The SMILES string of the molecule is CC1CCC(C(=O)Cc2ccc(F)cc2)CC1. The summed E-state index contributed by atoms with van der Waals surface area (Å²) in [5, 5.41) is 0. The summed E-state index contributed by atoms with van der Waals surface area (Å²) >= 11 is 0. The summed E-state index contributed by atoms with van der Waals surface area (Å²) in [5.74, 6) is 1.08. The number of Topliss-reactive ketones (excluding diaryl/α,β-unsaturated/α-hetero) is 1. The molecule has 1 aromatic carbocycles. The molecule has 0 aromatic heterocycles. The van der Waals surface area contributed by atoms with Crippen molar-refractivity contribution in [1.29, 1.82) is 0 Å². The van der Waals surface area contributed by atoms with Gasteiger partial charge in [-0.3, -0.25) is 4.79 Å². The third kappa shape index (κ3) is 3.39. The fourth-order valence-corrected chi connectivity index (χ4v) is 2.53. The molecule has 0 spiro atoms. The van der Waals surface area contributed by atoms with E-state index in [9.17, 15) is 9.18 Å². The molecule has 1 fully saturated rings. The molecule has 1 saturated carbocycles. The maximum Gasteiger partial charge on any atom is 0.140 e. The van der Waals surface area contributed by atoms with E-state index >= 15 is 0 Å². The van der Waals surface area contributed by atoms with E-state index in [1.807, 2.05) is 0 Å². The second-order valence-electron chi connectivity index (χ2n) is 5.23. The van der Waals surface area contributed by atoms with E-state index in [-0.39, 0.29) is 11.7 Å². The van der Waals surface area contributed by atoms with E-state index in [1.165, 1.54) is 25.0 Å². The number of rotatable bonds is 3. The highest BCUT2D eigenvalue weighted by atomic mass is 19.1. The summed E-state index contributed by atoms with van der Waals surface area (Å²) in [5.41, 5.74) is 0.926. The Morgan fingerprint density at radius 3 is 2.35 bits per heavy atom. The molecule has 92 valence electrons. The monoisotopic (exact) mass is 234 g/mol. The summed E-state index contributed by atoms with van der Waals surface area (Å²) in [4.78, 5) is 12.1. The normalized spacial score (nSPS) is 24.6. The van der Waals surface area contributed by atoms with E-state index < -0.39 is 0 Å². The van der Waals surface area contributed by atoms with Crippen molar-refractivity contribution >= 4 is 5.78 Å². The maximum absolute atomic E-state index is 12.7. The second kappa shape index (κ2) is 5.44. The number of halogens is 1. The van der Waals surface area contributed by atoms with Crippen LogP contribution in [0, 0.1) is 17.7 Å². The number of carbonyl (C=O) groups is 1. The fraction of sp³-hybridized carbons (Fsp3) is 0.533. The van der Waals surface area contributed by atoms with Gasteiger partial charge in [0.15, 0.2) is 0 Å². The van der Waals surface area contributed by atoms with Crippen LogP contribution in [0.25, 0.3) is 0 Å². The van der Waals surface area contributed by atoms with Crippen molar-refractivity contribution in [3.05, 3.63) is 35.6 Å². The average Bonchev–Trinajstić information content (AvgIpc) is 2.33. The Morgan fingerprint density at radius 1 is 1.18 bits per heavy atom. The van der Waals surface area contributed by atoms with Gasteiger partial charge in [0, 0.05) is 12.3 Å². The Labute approximate surface area is 102 Å². The molecule has 0 bridgehead atoms. The van der Waals surface area contributed by atoms with E-state index in [1.54, 1.807) is 12.1 Å². The van der Waals surface area contributed by atoms with Gasteiger partial charge in [-0.05, 0) is 36.5 Å². The van der Waals surface area contributed by atoms with Crippen molar-refractivity contribution < 1.29 is 9.18 Å². The third-order valence-electron chi connectivity index (χ3n) is 3.76. The zero-order valence-electron chi connectivity index (χ0n) is 10.3. The third-order valence-corrected chi connectivity index (χ3v) is 3.76. The Balaban J connectivity index is 1.90. The first-order valence-corrected chi connectivity index (χ1v) is 6.42. The molecule has 1 aliphatic rings. The van der Waals surface area contributed by atoms with Crippen molar-refractivity contribution in [2.75, 3.05) is 0 Å². The Hall–Kier alpha value is -1.18. The van der Waals surface area contributed by atoms with E-state index in [0.717, 1.165) is 24.3 Å². The zero-order chi connectivity index (χ0) is 12.3. The molecule has 0 aliphatic heterocycles. The lowest BCUT2D eigenvalue weighted by molar-refractivity contribution is -0.123. The smallest absolute Gasteiger partial charge is 0.140 e. The van der Waals surface area contributed by atoms with Gasteiger partial charge >= 0.3 is 0 Å². The van der Waals surface area contributed by atoms with Gasteiger partial charge in [0.25, 0.3) is 0 Å². The first-order valence-electron chi connectivity index (χ1n) is 6.42. The van der Waals surface area contributed by atoms with Crippen LogP contribution in [0.3, 0.4) is 0 Å². The van der Waals surface area contributed by atoms with Gasteiger partial charge in [-0.1, -0.05) is 31.9 Å². The van der Waals surface area contributed by atoms with Crippen LogP contribution in [0.2, 0.25) is 0 Å². The minimum atomic E-state index is -0.243. The average molecular weight is 234 g/mol. The van der Waals surface area contributed by atoms with Crippen LogP contribution in [0.5, 0.6) is 0 Å². The number of hydrogen-bond donors (Lipinski definition) is 0. The fourth-order valence-electron chi connectivity index (χ4n) is 2.53. The number of carbonyl (C=O) groups excluding carboxylic acids is 1. The second-order valence-corrected chi connectivity index (χ2v) is 5.23. The van der Waals surface area contributed by atoms with E-state index in [0.29, 0.717) is 12.2 Å². The molecule has 2 rings (SSSR count). The van der Waals surface area contributed by atoms with Crippen LogP contribution in [-0.4, -0.2) is 5.78 Å². The molecule has 2 heteroatoms. The van der Waals surface area contributed by atoms with Crippen LogP contribution in [0.1, 0.15) is 38.2 Å². The molecular weight excluding hydrogens is 215 g/mol. The lowest BCUT2D eigenvalue weighted by Crippen LogP contribution is -2.22. The predicted octanol–water partition coefficient (Wildman–Crippen LogP) is 3.76. The predicted molar refractivity (Wildman–Crippen MR) is 66.2 cm³/mol. The molecule has 17 heavy (non-hydrogen) atoms. The zero-order valence-corrected chi connectivity index (χ0v) is 10.3. The number of hydrogen-bond acceptors (Lipinski definition) is 1. The molecule has 1 nitrogen and oxygen atoms in total. The Kier molecular flexibility index (Phi) is 3.93. The van der Waals surface area contributed by atoms with Crippen LogP contribution in [0.4, 0.5) is 4.39 Å². The highest BCUT2D eigenvalue weighted by Gasteiger charge is 2.23.